The molecule has 0 radical (unpaired) electrons. The van der Waals surface area contributed by atoms with Gasteiger partial charge in [-0.3, -0.25) is 0 Å². The van der Waals surface area contributed by atoms with E-state index in [-0.39, 0.29) is 5.82 Å². The highest BCUT2D eigenvalue weighted by molar-refractivity contribution is 6.30. The highest BCUT2D eigenvalue weighted by Gasteiger charge is 2.04. The van der Waals surface area contributed by atoms with E-state index in [1.54, 1.807) is 12.1 Å². The molecule has 0 saturated heterocycles. The van der Waals surface area contributed by atoms with E-state index in [9.17, 15) is 4.39 Å². The monoisotopic (exact) mass is 238 g/mol. The smallest absolute Gasteiger partial charge is 0.128 e. The van der Waals surface area contributed by atoms with Crippen LogP contribution in [0.4, 0.5) is 4.39 Å². The van der Waals surface area contributed by atoms with Crippen molar-refractivity contribution in [2.24, 2.45) is 5.73 Å². The molecule has 0 atom stereocenters. The van der Waals surface area contributed by atoms with Crippen molar-refractivity contribution in [3.63, 3.8) is 0 Å². The third kappa shape index (κ3) is 2.43. The summed E-state index contributed by atoms with van der Waals surface area (Å²) in [6, 6.07) is 6.48. The first-order valence-corrected chi connectivity index (χ1v) is 5.35. The van der Waals surface area contributed by atoms with Crippen LogP contribution in [-0.4, -0.2) is 4.57 Å². The van der Waals surface area contributed by atoms with Crippen LogP contribution in [0.3, 0.4) is 0 Å². The number of nitrogens with zero attached hydrogens (tertiary/aromatic N) is 1. The largest absolute Gasteiger partial charge is 0.349 e. The van der Waals surface area contributed by atoms with E-state index in [0.717, 1.165) is 5.56 Å². The number of rotatable bonds is 3. The van der Waals surface area contributed by atoms with Crippen LogP contribution in [0.1, 0.15) is 11.1 Å². The zero-order chi connectivity index (χ0) is 11.5. The van der Waals surface area contributed by atoms with Gasteiger partial charge in [-0.25, -0.2) is 4.39 Å². The Balaban J connectivity index is 2.22. The second kappa shape index (κ2) is 4.68. The Bertz CT molecular complexity index is 494. The van der Waals surface area contributed by atoms with Crippen molar-refractivity contribution < 1.29 is 4.39 Å². The first kappa shape index (κ1) is 11.2. The molecule has 2 N–H and O–H groups in total. The molecule has 0 unspecified atom stereocenters. The summed E-state index contributed by atoms with van der Waals surface area (Å²) in [6.45, 7) is 0.956. The molecule has 84 valence electrons. The summed E-state index contributed by atoms with van der Waals surface area (Å²) in [6.07, 6.45) is 3.78. The van der Waals surface area contributed by atoms with Crippen LogP contribution in [-0.2, 0) is 13.1 Å². The van der Waals surface area contributed by atoms with Crippen molar-refractivity contribution in [1.82, 2.24) is 4.57 Å². The fraction of sp³-hybridized carbons (Fsp3) is 0.167. The lowest BCUT2D eigenvalue weighted by molar-refractivity contribution is 0.600. The van der Waals surface area contributed by atoms with Gasteiger partial charge in [0.1, 0.15) is 5.82 Å². The molecule has 0 saturated carbocycles. The minimum absolute atomic E-state index is 0.243. The molecule has 1 aromatic carbocycles. The fourth-order valence-corrected chi connectivity index (χ4v) is 1.77. The fourth-order valence-electron chi connectivity index (χ4n) is 1.57. The highest BCUT2D eigenvalue weighted by Crippen LogP contribution is 2.16. The number of benzene rings is 1. The Morgan fingerprint density at radius 2 is 2.12 bits per heavy atom. The molecule has 0 aliphatic carbocycles. The van der Waals surface area contributed by atoms with Gasteiger partial charge in [0.25, 0.3) is 0 Å². The summed E-state index contributed by atoms with van der Waals surface area (Å²) >= 11 is 5.82. The molecule has 0 fully saturated rings. The minimum Gasteiger partial charge on any atom is -0.349 e. The summed E-state index contributed by atoms with van der Waals surface area (Å²) in [5, 5.41) is 0.544. The Hall–Kier alpha value is -1.32. The number of aromatic nitrogens is 1. The van der Waals surface area contributed by atoms with Gasteiger partial charge in [0, 0.05) is 36.1 Å². The maximum atomic E-state index is 13.4. The molecule has 0 spiro atoms. The summed E-state index contributed by atoms with van der Waals surface area (Å²) in [5.41, 5.74) is 7.11. The molecule has 0 amide bonds. The van der Waals surface area contributed by atoms with E-state index < -0.39 is 0 Å². The van der Waals surface area contributed by atoms with Crippen LogP contribution in [0.5, 0.6) is 0 Å². The van der Waals surface area contributed by atoms with Crippen molar-refractivity contribution >= 4 is 11.6 Å². The molecule has 0 aliphatic heterocycles. The maximum Gasteiger partial charge on any atom is 0.128 e. The van der Waals surface area contributed by atoms with Gasteiger partial charge < -0.3 is 10.3 Å². The number of hydrogen-bond acceptors (Lipinski definition) is 1. The molecule has 16 heavy (non-hydrogen) atoms. The highest BCUT2D eigenvalue weighted by atomic mass is 35.5. The zero-order valence-electron chi connectivity index (χ0n) is 8.66. The minimum atomic E-state index is -0.243. The normalized spacial score (nSPS) is 10.7. The van der Waals surface area contributed by atoms with E-state index >= 15 is 0 Å². The second-order valence-electron chi connectivity index (χ2n) is 3.63. The first-order chi connectivity index (χ1) is 7.69. The summed E-state index contributed by atoms with van der Waals surface area (Å²) in [4.78, 5) is 0. The van der Waals surface area contributed by atoms with Gasteiger partial charge in [-0.15, -0.1) is 0 Å². The van der Waals surface area contributed by atoms with Crippen LogP contribution in [0.25, 0.3) is 0 Å². The number of nitrogens with two attached hydrogens (primary N) is 1. The Kier molecular flexibility index (Phi) is 3.27. The van der Waals surface area contributed by atoms with Gasteiger partial charge >= 0.3 is 0 Å². The third-order valence-electron chi connectivity index (χ3n) is 2.41. The molecule has 1 heterocycles. The summed E-state index contributed by atoms with van der Waals surface area (Å²) < 4.78 is 15.3. The third-order valence-corrected chi connectivity index (χ3v) is 2.64. The quantitative estimate of drug-likeness (QED) is 0.876. The van der Waals surface area contributed by atoms with Crippen molar-refractivity contribution in [2.75, 3.05) is 0 Å². The molecule has 0 aliphatic rings. The molecule has 2 aromatic rings. The lowest BCUT2D eigenvalue weighted by Crippen LogP contribution is -2.00. The van der Waals surface area contributed by atoms with E-state index in [1.165, 1.54) is 6.07 Å². The standard InChI is InChI=1S/C12H12ClFN2/c13-11-1-2-12(14)10(5-11)8-16-4-3-9(6-15)7-16/h1-5,7H,6,8,15H2. The second-order valence-corrected chi connectivity index (χ2v) is 4.07. The molecular formula is C12H12ClFN2. The van der Waals surface area contributed by atoms with Gasteiger partial charge in [0.05, 0.1) is 0 Å². The molecular weight excluding hydrogens is 227 g/mol. The maximum absolute atomic E-state index is 13.4. The number of hydrogen-bond donors (Lipinski definition) is 1. The average molecular weight is 239 g/mol. The van der Waals surface area contributed by atoms with Gasteiger partial charge in [0.2, 0.25) is 0 Å². The van der Waals surface area contributed by atoms with E-state index in [2.05, 4.69) is 0 Å². The first-order valence-electron chi connectivity index (χ1n) is 4.97. The van der Waals surface area contributed by atoms with Crippen LogP contribution in [0.2, 0.25) is 5.02 Å². The van der Waals surface area contributed by atoms with Crippen LogP contribution in [0.15, 0.2) is 36.7 Å². The van der Waals surface area contributed by atoms with Crippen molar-refractivity contribution in [1.29, 1.82) is 0 Å². The van der Waals surface area contributed by atoms with E-state index in [0.29, 0.717) is 23.7 Å². The van der Waals surface area contributed by atoms with Gasteiger partial charge in [-0.1, -0.05) is 11.6 Å². The van der Waals surface area contributed by atoms with Crippen LogP contribution >= 0.6 is 11.6 Å². The number of halogens is 2. The van der Waals surface area contributed by atoms with Gasteiger partial charge in [0.15, 0.2) is 0 Å². The predicted octanol–water partition coefficient (Wildman–Crippen LogP) is 2.79. The SMILES string of the molecule is NCc1ccn(Cc2cc(Cl)ccc2F)c1. The molecule has 2 rings (SSSR count). The molecule has 1 aromatic heterocycles. The topological polar surface area (TPSA) is 30.9 Å². The Morgan fingerprint density at radius 1 is 1.31 bits per heavy atom. The summed E-state index contributed by atoms with van der Waals surface area (Å²) in [5.74, 6) is -0.243. The van der Waals surface area contributed by atoms with Gasteiger partial charge in [-0.05, 0) is 29.8 Å². The van der Waals surface area contributed by atoms with Crippen molar-refractivity contribution in [3.05, 3.63) is 58.6 Å². The Labute approximate surface area is 98.4 Å². The lowest BCUT2D eigenvalue weighted by Gasteiger charge is -2.05. The van der Waals surface area contributed by atoms with Gasteiger partial charge in [-0.2, -0.15) is 0 Å². The van der Waals surface area contributed by atoms with Crippen molar-refractivity contribution in [3.8, 4) is 0 Å². The molecule has 4 heteroatoms. The van der Waals surface area contributed by atoms with E-state index in [4.69, 9.17) is 17.3 Å². The average Bonchev–Trinajstić information content (AvgIpc) is 2.71. The van der Waals surface area contributed by atoms with Crippen LogP contribution in [0, 0.1) is 5.82 Å². The zero-order valence-corrected chi connectivity index (χ0v) is 9.41. The summed E-state index contributed by atoms with van der Waals surface area (Å²) in [7, 11) is 0. The van der Waals surface area contributed by atoms with E-state index in [1.807, 2.05) is 23.0 Å². The Morgan fingerprint density at radius 3 is 2.81 bits per heavy atom. The predicted molar refractivity (Wildman–Crippen MR) is 62.8 cm³/mol. The lowest BCUT2D eigenvalue weighted by atomic mass is 10.2. The van der Waals surface area contributed by atoms with Crippen LogP contribution < -0.4 is 5.73 Å². The molecule has 2 nitrogen and oxygen atoms in total. The molecule has 0 bridgehead atoms. The van der Waals surface area contributed by atoms with Crippen molar-refractivity contribution in [2.45, 2.75) is 13.1 Å².